The second kappa shape index (κ2) is 8.44. The minimum Gasteiger partial charge on any atom is -0.478 e. The van der Waals surface area contributed by atoms with Crippen LogP contribution in [0.3, 0.4) is 0 Å². The molecule has 2 aromatic rings. The van der Waals surface area contributed by atoms with Crippen LogP contribution in [0.5, 0.6) is 0 Å². The molecule has 0 spiro atoms. The minimum absolute atomic E-state index is 0.00553. The number of para-hydroxylation sites is 1. The smallest absolute Gasteiger partial charge is 0.335 e. The Hall–Kier alpha value is -2.86. The van der Waals surface area contributed by atoms with Crippen molar-refractivity contribution in [2.24, 2.45) is 11.7 Å². The summed E-state index contributed by atoms with van der Waals surface area (Å²) >= 11 is 0. The van der Waals surface area contributed by atoms with Gasteiger partial charge in [0.15, 0.2) is 0 Å². The van der Waals surface area contributed by atoms with Gasteiger partial charge in [-0.1, -0.05) is 18.2 Å². The van der Waals surface area contributed by atoms with Gasteiger partial charge in [0.05, 0.1) is 11.1 Å². The maximum atomic E-state index is 11.6. The predicted molar refractivity (Wildman–Crippen MR) is 109 cm³/mol. The number of carboxylic acids is 2. The molecule has 0 atom stereocenters. The molecular weight excluding hydrogens is 356 g/mol. The molecule has 0 saturated heterocycles. The lowest BCUT2D eigenvalue weighted by atomic mass is 9.86. The van der Waals surface area contributed by atoms with E-state index in [4.69, 9.17) is 5.73 Å². The molecule has 2 aromatic carbocycles. The highest BCUT2D eigenvalue weighted by atomic mass is 16.4. The van der Waals surface area contributed by atoms with E-state index in [0.717, 1.165) is 43.5 Å². The standard InChI is InChI=1S/C22H26N2O4/c1-13-18(21(25)26)10-15(11-19(13)22(27)28)17-4-2-3-5-20(17)24-12-14-6-8-16(23)9-7-14/h2-5,10-11,14,16,24H,6-9,12,23H2,1H3,(H,25,26)(H,27,28)/t14-,16+. The van der Waals surface area contributed by atoms with Crippen molar-refractivity contribution in [2.45, 2.75) is 38.6 Å². The van der Waals surface area contributed by atoms with Gasteiger partial charge in [-0.25, -0.2) is 9.59 Å². The summed E-state index contributed by atoms with van der Waals surface area (Å²) in [6, 6.07) is 11.0. The quantitative estimate of drug-likeness (QED) is 0.601. The number of nitrogens with one attached hydrogen (secondary N) is 1. The largest absolute Gasteiger partial charge is 0.478 e. The van der Waals surface area contributed by atoms with E-state index >= 15 is 0 Å². The zero-order valence-corrected chi connectivity index (χ0v) is 15.9. The van der Waals surface area contributed by atoms with Gasteiger partial charge in [0, 0.05) is 23.8 Å². The lowest BCUT2D eigenvalue weighted by Crippen LogP contribution is -2.29. The Bertz CT molecular complexity index is 851. The number of hydrogen-bond donors (Lipinski definition) is 4. The van der Waals surface area contributed by atoms with Crippen LogP contribution in [-0.4, -0.2) is 34.7 Å². The van der Waals surface area contributed by atoms with Crippen molar-refractivity contribution in [2.75, 3.05) is 11.9 Å². The van der Waals surface area contributed by atoms with E-state index in [1.807, 2.05) is 24.3 Å². The molecular formula is C22H26N2O4. The first-order valence-corrected chi connectivity index (χ1v) is 9.57. The van der Waals surface area contributed by atoms with Crippen molar-refractivity contribution in [1.29, 1.82) is 0 Å². The fraction of sp³-hybridized carbons (Fsp3) is 0.364. The number of anilines is 1. The first-order chi connectivity index (χ1) is 13.4. The average Bonchev–Trinajstić information content (AvgIpc) is 2.67. The number of carboxylic acid groups (broad SMARTS) is 2. The molecule has 0 unspecified atom stereocenters. The van der Waals surface area contributed by atoms with Crippen LogP contribution in [-0.2, 0) is 0 Å². The molecule has 6 heteroatoms. The molecule has 1 aliphatic rings. The zero-order chi connectivity index (χ0) is 20.3. The normalized spacial score (nSPS) is 19.2. The van der Waals surface area contributed by atoms with Crippen molar-refractivity contribution in [3.05, 3.63) is 53.1 Å². The third-order valence-corrected chi connectivity index (χ3v) is 5.58. The van der Waals surface area contributed by atoms with Crippen LogP contribution in [0.15, 0.2) is 36.4 Å². The van der Waals surface area contributed by atoms with Gasteiger partial charge in [-0.2, -0.15) is 0 Å². The topological polar surface area (TPSA) is 113 Å². The van der Waals surface area contributed by atoms with E-state index in [1.165, 1.54) is 6.92 Å². The molecule has 28 heavy (non-hydrogen) atoms. The Morgan fingerprint density at radius 1 is 1.04 bits per heavy atom. The van der Waals surface area contributed by atoms with Gasteiger partial charge in [0.25, 0.3) is 0 Å². The molecule has 6 nitrogen and oxygen atoms in total. The van der Waals surface area contributed by atoms with Crippen LogP contribution in [0, 0.1) is 12.8 Å². The van der Waals surface area contributed by atoms with Gasteiger partial charge < -0.3 is 21.3 Å². The van der Waals surface area contributed by atoms with Crippen molar-refractivity contribution in [3.63, 3.8) is 0 Å². The molecule has 0 radical (unpaired) electrons. The maximum absolute atomic E-state index is 11.6. The molecule has 0 aliphatic heterocycles. The molecule has 5 N–H and O–H groups in total. The van der Waals surface area contributed by atoms with Crippen LogP contribution in [0.1, 0.15) is 52.0 Å². The van der Waals surface area contributed by atoms with Gasteiger partial charge in [-0.15, -0.1) is 0 Å². The van der Waals surface area contributed by atoms with Gasteiger partial charge in [-0.3, -0.25) is 0 Å². The van der Waals surface area contributed by atoms with E-state index in [2.05, 4.69) is 5.32 Å². The maximum Gasteiger partial charge on any atom is 0.335 e. The van der Waals surface area contributed by atoms with Crippen LogP contribution in [0.25, 0.3) is 11.1 Å². The monoisotopic (exact) mass is 382 g/mol. The molecule has 0 amide bonds. The molecule has 148 valence electrons. The molecule has 0 heterocycles. The van der Waals surface area contributed by atoms with Crippen LogP contribution < -0.4 is 11.1 Å². The fourth-order valence-electron chi connectivity index (χ4n) is 3.85. The lowest BCUT2D eigenvalue weighted by molar-refractivity contribution is 0.0696. The Morgan fingerprint density at radius 2 is 1.61 bits per heavy atom. The number of nitrogens with two attached hydrogens (primary N) is 1. The summed E-state index contributed by atoms with van der Waals surface area (Å²) in [5, 5.41) is 22.5. The van der Waals surface area contributed by atoms with E-state index in [0.29, 0.717) is 17.5 Å². The molecule has 1 saturated carbocycles. The summed E-state index contributed by atoms with van der Waals surface area (Å²) in [5.41, 5.74) is 8.48. The van der Waals surface area contributed by atoms with E-state index in [9.17, 15) is 19.8 Å². The highest BCUT2D eigenvalue weighted by molar-refractivity contribution is 5.99. The molecule has 0 bridgehead atoms. The average molecular weight is 382 g/mol. The summed E-state index contributed by atoms with van der Waals surface area (Å²) in [6.45, 7) is 2.34. The zero-order valence-electron chi connectivity index (χ0n) is 15.9. The minimum atomic E-state index is -1.13. The first kappa shape index (κ1) is 19.9. The molecule has 1 aliphatic carbocycles. The Balaban J connectivity index is 1.92. The summed E-state index contributed by atoms with van der Waals surface area (Å²) in [5.74, 6) is -1.72. The second-order valence-corrected chi connectivity index (χ2v) is 7.51. The van der Waals surface area contributed by atoms with E-state index in [-0.39, 0.29) is 16.7 Å². The van der Waals surface area contributed by atoms with Gasteiger partial charge in [-0.05, 0) is 67.9 Å². The van der Waals surface area contributed by atoms with Gasteiger partial charge in [0.2, 0.25) is 0 Å². The third-order valence-electron chi connectivity index (χ3n) is 5.58. The van der Waals surface area contributed by atoms with Crippen molar-refractivity contribution in [1.82, 2.24) is 0 Å². The highest BCUT2D eigenvalue weighted by Crippen LogP contribution is 2.32. The first-order valence-electron chi connectivity index (χ1n) is 9.57. The third kappa shape index (κ3) is 4.34. The highest BCUT2D eigenvalue weighted by Gasteiger charge is 2.20. The summed E-state index contributed by atoms with van der Waals surface area (Å²) in [4.78, 5) is 23.2. The molecule has 1 fully saturated rings. The summed E-state index contributed by atoms with van der Waals surface area (Å²) in [6.07, 6.45) is 4.26. The lowest BCUT2D eigenvalue weighted by Gasteiger charge is -2.27. The fourth-order valence-corrected chi connectivity index (χ4v) is 3.85. The summed E-state index contributed by atoms with van der Waals surface area (Å²) < 4.78 is 0. The van der Waals surface area contributed by atoms with E-state index in [1.54, 1.807) is 12.1 Å². The SMILES string of the molecule is Cc1c(C(=O)O)cc(-c2ccccc2NC[C@H]2CC[C@@H](N)CC2)cc1C(=O)O. The number of hydrogen-bond acceptors (Lipinski definition) is 4. The molecule has 0 aromatic heterocycles. The van der Waals surface area contributed by atoms with Gasteiger partial charge in [0.1, 0.15) is 0 Å². The molecule has 3 rings (SSSR count). The van der Waals surface area contributed by atoms with Crippen molar-refractivity contribution >= 4 is 17.6 Å². The Kier molecular flexibility index (Phi) is 5.99. The number of benzene rings is 2. The summed E-state index contributed by atoms with van der Waals surface area (Å²) in [7, 11) is 0. The Labute approximate surface area is 164 Å². The second-order valence-electron chi connectivity index (χ2n) is 7.51. The van der Waals surface area contributed by atoms with Gasteiger partial charge >= 0.3 is 11.9 Å². The van der Waals surface area contributed by atoms with Crippen molar-refractivity contribution < 1.29 is 19.8 Å². The van der Waals surface area contributed by atoms with Crippen molar-refractivity contribution in [3.8, 4) is 11.1 Å². The van der Waals surface area contributed by atoms with E-state index < -0.39 is 11.9 Å². The Morgan fingerprint density at radius 3 is 2.18 bits per heavy atom. The number of carbonyl (C=O) groups is 2. The van der Waals surface area contributed by atoms with Crippen LogP contribution in [0.4, 0.5) is 5.69 Å². The predicted octanol–water partition coefficient (Wildman–Crippen LogP) is 3.99. The van der Waals surface area contributed by atoms with Crippen LogP contribution >= 0.6 is 0 Å². The number of aromatic carboxylic acids is 2. The van der Waals surface area contributed by atoms with Crippen LogP contribution in [0.2, 0.25) is 0 Å². The number of rotatable bonds is 6.